The standard InChI is InChI=1S/C15H26N4O7S/c1-8(17-11(20)7-16)13(23)18-9(5-6-27-2)14(24)19-10(15(25)26)3-4-12(21)22/h8-10H,3-7,16H2,1-2H3,(H,17,20)(H,18,23)(H,19,24)(H,21,22)(H,25,26). The molecule has 0 radical (unpaired) electrons. The number of hydrogen-bond donors (Lipinski definition) is 6. The van der Waals surface area contributed by atoms with Gasteiger partial charge in [0.05, 0.1) is 6.54 Å². The first-order valence-corrected chi connectivity index (χ1v) is 9.55. The van der Waals surface area contributed by atoms with Crippen LogP contribution in [-0.4, -0.2) is 76.6 Å². The van der Waals surface area contributed by atoms with E-state index in [0.717, 1.165) is 0 Å². The third-order valence-electron chi connectivity index (χ3n) is 3.46. The van der Waals surface area contributed by atoms with E-state index >= 15 is 0 Å². The molecule has 7 N–H and O–H groups in total. The van der Waals surface area contributed by atoms with Gasteiger partial charge in [-0.2, -0.15) is 11.8 Å². The maximum Gasteiger partial charge on any atom is 0.326 e. The van der Waals surface area contributed by atoms with Crippen LogP contribution in [0.2, 0.25) is 0 Å². The lowest BCUT2D eigenvalue weighted by molar-refractivity contribution is -0.143. The fraction of sp³-hybridized carbons (Fsp3) is 0.667. The SMILES string of the molecule is CSCCC(NC(=O)C(C)NC(=O)CN)C(=O)NC(CCC(=O)O)C(=O)O. The summed E-state index contributed by atoms with van der Waals surface area (Å²) >= 11 is 1.42. The summed E-state index contributed by atoms with van der Waals surface area (Å²) < 4.78 is 0. The second-order valence-electron chi connectivity index (χ2n) is 5.67. The Morgan fingerprint density at radius 2 is 1.56 bits per heavy atom. The van der Waals surface area contributed by atoms with Crippen LogP contribution in [0.15, 0.2) is 0 Å². The lowest BCUT2D eigenvalue weighted by Gasteiger charge is -2.23. The monoisotopic (exact) mass is 406 g/mol. The number of carbonyl (C=O) groups is 5. The van der Waals surface area contributed by atoms with Crippen LogP contribution in [0.3, 0.4) is 0 Å². The van der Waals surface area contributed by atoms with E-state index in [0.29, 0.717) is 5.75 Å². The highest BCUT2D eigenvalue weighted by Gasteiger charge is 2.28. The number of nitrogens with one attached hydrogen (secondary N) is 3. The average Bonchev–Trinajstić information content (AvgIpc) is 2.60. The molecule has 0 aliphatic rings. The zero-order valence-corrected chi connectivity index (χ0v) is 16.0. The Morgan fingerprint density at radius 1 is 0.963 bits per heavy atom. The van der Waals surface area contributed by atoms with Crippen LogP contribution in [0, 0.1) is 0 Å². The Balaban J connectivity index is 5.00. The van der Waals surface area contributed by atoms with Crippen molar-refractivity contribution in [3.63, 3.8) is 0 Å². The van der Waals surface area contributed by atoms with Gasteiger partial charge in [-0.1, -0.05) is 0 Å². The van der Waals surface area contributed by atoms with Crippen molar-refractivity contribution in [3.05, 3.63) is 0 Å². The minimum Gasteiger partial charge on any atom is -0.481 e. The Bertz CT molecular complexity index is 558. The molecule has 27 heavy (non-hydrogen) atoms. The molecule has 0 saturated heterocycles. The first-order chi connectivity index (χ1) is 12.6. The topological polar surface area (TPSA) is 188 Å². The predicted molar refractivity (Wildman–Crippen MR) is 98.0 cm³/mol. The molecule has 0 rings (SSSR count). The molecule has 3 unspecified atom stereocenters. The zero-order valence-electron chi connectivity index (χ0n) is 15.2. The number of hydrogen-bond acceptors (Lipinski definition) is 7. The number of thioether (sulfide) groups is 1. The van der Waals surface area contributed by atoms with Crippen molar-refractivity contribution in [1.82, 2.24) is 16.0 Å². The minimum absolute atomic E-state index is 0.224. The van der Waals surface area contributed by atoms with E-state index in [1.165, 1.54) is 18.7 Å². The summed E-state index contributed by atoms with van der Waals surface area (Å²) in [5.41, 5.74) is 5.16. The summed E-state index contributed by atoms with van der Waals surface area (Å²) in [6.45, 7) is 1.12. The molecule has 0 bridgehead atoms. The number of carboxylic acid groups (broad SMARTS) is 2. The number of aliphatic carboxylic acids is 2. The summed E-state index contributed by atoms with van der Waals surface area (Å²) in [6.07, 6.45) is 1.30. The normalized spacial score (nSPS) is 13.7. The fourth-order valence-electron chi connectivity index (χ4n) is 1.96. The molecule has 0 saturated carbocycles. The molecule has 0 aromatic carbocycles. The number of carboxylic acids is 2. The van der Waals surface area contributed by atoms with Gasteiger partial charge in [0, 0.05) is 6.42 Å². The Labute approximate surface area is 160 Å². The van der Waals surface area contributed by atoms with Crippen molar-refractivity contribution >= 4 is 41.4 Å². The van der Waals surface area contributed by atoms with Gasteiger partial charge >= 0.3 is 11.9 Å². The van der Waals surface area contributed by atoms with Crippen molar-refractivity contribution in [2.24, 2.45) is 5.73 Å². The zero-order chi connectivity index (χ0) is 21.0. The molecule has 0 heterocycles. The third kappa shape index (κ3) is 10.4. The third-order valence-corrected chi connectivity index (χ3v) is 4.11. The van der Waals surface area contributed by atoms with Crippen LogP contribution in [0.5, 0.6) is 0 Å². The van der Waals surface area contributed by atoms with Gasteiger partial charge in [-0.25, -0.2) is 4.79 Å². The van der Waals surface area contributed by atoms with Crippen LogP contribution in [-0.2, 0) is 24.0 Å². The van der Waals surface area contributed by atoms with Gasteiger partial charge < -0.3 is 31.9 Å². The Kier molecular flexibility index (Phi) is 11.8. The van der Waals surface area contributed by atoms with Gasteiger partial charge in [-0.3, -0.25) is 19.2 Å². The molecule has 0 aromatic rings. The summed E-state index contributed by atoms with van der Waals surface area (Å²) in [6, 6.07) is -3.36. The maximum absolute atomic E-state index is 12.4. The van der Waals surface area contributed by atoms with Crippen molar-refractivity contribution in [2.75, 3.05) is 18.6 Å². The van der Waals surface area contributed by atoms with Crippen LogP contribution < -0.4 is 21.7 Å². The van der Waals surface area contributed by atoms with E-state index in [4.69, 9.17) is 15.9 Å². The molecule has 3 amide bonds. The quantitative estimate of drug-likeness (QED) is 0.203. The van der Waals surface area contributed by atoms with Crippen LogP contribution in [0.1, 0.15) is 26.2 Å². The van der Waals surface area contributed by atoms with Gasteiger partial charge in [-0.05, 0) is 31.8 Å². The van der Waals surface area contributed by atoms with Crippen LogP contribution in [0.4, 0.5) is 0 Å². The van der Waals surface area contributed by atoms with Crippen molar-refractivity contribution < 1.29 is 34.2 Å². The molecule has 12 heteroatoms. The highest BCUT2D eigenvalue weighted by atomic mass is 32.2. The number of carbonyl (C=O) groups excluding carboxylic acids is 3. The van der Waals surface area contributed by atoms with Gasteiger partial charge in [0.1, 0.15) is 18.1 Å². The lowest BCUT2D eigenvalue weighted by atomic mass is 10.1. The van der Waals surface area contributed by atoms with Crippen LogP contribution in [0.25, 0.3) is 0 Å². The first kappa shape index (κ1) is 24.7. The van der Waals surface area contributed by atoms with E-state index in [2.05, 4.69) is 16.0 Å². The highest BCUT2D eigenvalue weighted by Crippen LogP contribution is 2.04. The van der Waals surface area contributed by atoms with Gasteiger partial charge in [-0.15, -0.1) is 0 Å². The molecule has 11 nitrogen and oxygen atoms in total. The lowest BCUT2D eigenvalue weighted by Crippen LogP contribution is -2.55. The molecule has 0 aromatic heterocycles. The summed E-state index contributed by atoms with van der Waals surface area (Å²) in [5.74, 6) is -3.96. The largest absolute Gasteiger partial charge is 0.481 e. The van der Waals surface area contributed by atoms with Crippen molar-refractivity contribution in [3.8, 4) is 0 Å². The molecular weight excluding hydrogens is 380 g/mol. The van der Waals surface area contributed by atoms with E-state index in [-0.39, 0.29) is 19.4 Å². The average molecular weight is 406 g/mol. The minimum atomic E-state index is -1.39. The van der Waals surface area contributed by atoms with Crippen molar-refractivity contribution in [2.45, 2.75) is 44.3 Å². The van der Waals surface area contributed by atoms with E-state index < -0.39 is 54.2 Å². The van der Waals surface area contributed by atoms with E-state index in [1.807, 2.05) is 0 Å². The fourth-order valence-corrected chi connectivity index (χ4v) is 2.44. The molecule has 0 fully saturated rings. The Hall–Kier alpha value is -2.34. The smallest absolute Gasteiger partial charge is 0.326 e. The maximum atomic E-state index is 12.4. The Morgan fingerprint density at radius 3 is 2.04 bits per heavy atom. The first-order valence-electron chi connectivity index (χ1n) is 8.16. The molecule has 0 spiro atoms. The molecule has 3 atom stereocenters. The van der Waals surface area contributed by atoms with Crippen LogP contribution >= 0.6 is 11.8 Å². The second kappa shape index (κ2) is 12.9. The molecule has 154 valence electrons. The highest BCUT2D eigenvalue weighted by molar-refractivity contribution is 7.98. The number of rotatable bonds is 13. The second-order valence-corrected chi connectivity index (χ2v) is 6.65. The molecule has 0 aliphatic carbocycles. The number of nitrogens with two attached hydrogens (primary N) is 1. The molecular formula is C15H26N4O7S. The summed E-state index contributed by atoms with van der Waals surface area (Å²) in [5, 5.41) is 24.9. The summed E-state index contributed by atoms with van der Waals surface area (Å²) in [7, 11) is 0. The summed E-state index contributed by atoms with van der Waals surface area (Å²) in [4.78, 5) is 57.6. The van der Waals surface area contributed by atoms with Crippen molar-refractivity contribution in [1.29, 1.82) is 0 Å². The predicted octanol–water partition coefficient (Wildman–Crippen LogP) is -1.88. The van der Waals surface area contributed by atoms with Gasteiger partial charge in [0.25, 0.3) is 0 Å². The van der Waals surface area contributed by atoms with E-state index in [1.54, 1.807) is 6.26 Å². The van der Waals surface area contributed by atoms with E-state index in [9.17, 15) is 24.0 Å². The molecule has 0 aliphatic heterocycles. The van der Waals surface area contributed by atoms with Gasteiger partial charge in [0.2, 0.25) is 17.7 Å². The van der Waals surface area contributed by atoms with Gasteiger partial charge in [0.15, 0.2) is 0 Å². The number of amides is 3.